The first kappa shape index (κ1) is 26.2. The highest BCUT2D eigenvalue weighted by atomic mass is 32.2. The van der Waals surface area contributed by atoms with Gasteiger partial charge in [-0.3, -0.25) is 4.18 Å². The number of hydrogen-bond donors (Lipinski definition) is 0. The molecule has 1 rings (SSSR count). The number of benzene rings is 1. The maximum absolute atomic E-state index is 12.1. The van der Waals surface area contributed by atoms with Gasteiger partial charge in [-0.1, -0.05) is 121 Å². The van der Waals surface area contributed by atoms with Crippen LogP contribution in [0.25, 0.3) is 0 Å². The summed E-state index contributed by atoms with van der Waals surface area (Å²) in [6.45, 7) is 4.50. The zero-order valence-electron chi connectivity index (χ0n) is 19.0. The number of rotatable bonds is 19. The molecule has 0 aliphatic heterocycles. The molecule has 0 atom stereocenters. The Balaban J connectivity index is 1.86. The SMILES string of the molecule is CCCCCCCCCCCCCCCCCCOS(=O)(=O)c1ccc(C)cc1. The Kier molecular flexibility index (Phi) is 15.2. The summed E-state index contributed by atoms with van der Waals surface area (Å²) in [7, 11) is -3.60. The van der Waals surface area contributed by atoms with Crippen molar-refractivity contribution in [2.75, 3.05) is 6.61 Å². The van der Waals surface area contributed by atoms with E-state index in [0.29, 0.717) is 0 Å². The third-order valence-electron chi connectivity index (χ3n) is 5.55. The highest BCUT2D eigenvalue weighted by molar-refractivity contribution is 7.86. The van der Waals surface area contributed by atoms with Gasteiger partial charge in [0, 0.05) is 0 Å². The second kappa shape index (κ2) is 16.9. The maximum atomic E-state index is 12.1. The smallest absolute Gasteiger partial charge is 0.266 e. The number of hydrogen-bond acceptors (Lipinski definition) is 3. The molecule has 0 saturated carbocycles. The molecule has 0 saturated heterocycles. The van der Waals surface area contributed by atoms with Crippen LogP contribution < -0.4 is 0 Å². The van der Waals surface area contributed by atoms with Gasteiger partial charge >= 0.3 is 0 Å². The summed E-state index contributed by atoms with van der Waals surface area (Å²) in [6.07, 6.45) is 20.9. The van der Waals surface area contributed by atoms with E-state index in [1.54, 1.807) is 24.3 Å². The average Bonchev–Trinajstić information content (AvgIpc) is 2.70. The van der Waals surface area contributed by atoms with Gasteiger partial charge in [0.15, 0.2) is 0 Å². The zero-order chi connectivity index (χ0) is 21.2. The van der Waals surface area contributed by atoms with E-state index in [0.717, 1.165) is 18.4 Å². The minimum atomic E-state index is -3.60. The van der Waals surface area contributed by atoms with Crippen LogP contribution >= 0.6 is 0 Å². The largest absolute Gasteiger partial charge is 0.296 e. The Labute approximate surface area is 180 Å². The minimum absolute atomic E-state index is 0.250. The van der Waals surface area contributed by atoms with Gasteiger partial charge in [0.25, 0.3) is 10.1 Å². The lowest BCUT2D eigenvalue weighted by atomic mass is 10.0. The molecule has 0 spiro atoms. The van der Waals surface area contributed by atoms with Gasteiger partial charge in [0.05, 0.1) is 11.5 Å². The van der Waals surface area contributed by atoms with E-state index in [-0.39, 0.29) is 11.5 Å². The monoisotopic (exact) mass is 424 g/mol. The standard InChI is InChI=1S/C25H44O3S/c1-3-4-5-6-7-8-9-10-11-12-13-14-15-16-17-18-23-28-29(26,27)25-21-19-24(2)20-22-25/h19-22H,3-18,23H2,1-2H3. The lowest BCUT2D eigenvalue weighted by Gasteiger charge is -2.06. The van der Waals surface area contributed by atoms with Gasteiger partial charge in [0.1, 0.15) is 0 Å². The third-order valence-corrected chi connectivity index (χ3v) is 6.87. The van der Waals surface area contributed by atoms with Crippen LogP contribution in [0, 0.1) is 6.92 Å². The van der Waals surface area contributed by atoms with Crippen molar-refractivity contribution in [2.24, 2.45) is 0 Å². The van der Waals surface area contributed by atoms with Crippen LogP contribution in [-0.2, 0) is 14.3 Å². The van der Waals surface area contributed by atoms with E-state index >= 15 is 0 Å². The quantitative estimate of drug-likeness (QED) is 0.167. The van der Waals surface area contributed by atoms with Crippen LogP contribution in [0.15, 0.2) is 29.2 Å². The Hall–Kier alpha value is -0.870. The highest BCUT2D eigenvalue weighted by Gasteiger charge is 2.14. The number of unbranched alkanes of at least 4 members (excludes halogenated alkanes) is 15. The van der Waals surface area contributed by atoms with Crippen molar-refractivity contribution >= 4 is 10.1 Å². The van der Waals surface area contributed by atoms with E-state index in [1.165, 1.54) is 89.9 Å². The molecule has 1 aromatic rings. The van der Waals surface area contributed by atoms with Crippen molar-refractivity contribution < 1.29 is 12.6 Å². The highest BCUT2D eigenvalue weighted by Crippen LogP contribution is 2.15. The second-order valence-electron chi connectivity index (χ2n) is 8.39. The summed E-state index contributed by atoms with van der Waals surface area (Å²) in [5, 5.41) is 0. The first-order valence-corrected chi connectivity index (χ1v) is 13.4. The van der Waals surface area contributed by atoms with Gasteiger partial charge in [-0.05, 0) is 25.5 Å². The Morgan fingerprint density at radius 3 is 1.41 bits per heavy atom. The Morgan fingerprint density at radius 1 is 0.621 bits per heavy atom. The van der Waals surface area contributed by atoms with Crippen LogP contribution in [-0.4, -0.2) is 15.0 Å². The lowest BCUT2D eigenvalue weighted by Crippen LogP contribution is -2.07. The van der Waals surface area contributed by atoms with E-state index in [1.807, 2.05) is 6.92 Å². The van der Waals surface area contributed by atoms with Crippen LogP contribution in [0.4, 0.5) is 0 Å². The molecule has 0 unspecified atom stereocenters. The molecule has 0 radical (unpaired) electrons. The first-order valence-electron chi connectivity index (χ1n) is 12.0. The fraction of sp³-hybridized carbons (Fsp3) is 0.760. The van der Waals surface area contributed by atoms with E-state index in [9.17, 15) is 8.42 Å². The van der Waals surface area contributed by atoms with Gasteiger partial charge in [0.2, 0.25) is 0 Å². The molecule has 29 heavy (non-hydrogen) atoms. The first-order chi connectivity index (χ1) is 14.1. The molecule has 0 bridgehead atoms. The summed E-state index contributed by atoms with van der Waals surface area (Å²) in [5.74, 6) is 0. The normalized spacial score (nSPS) is 11.8. The fourth-order valence-electron chi connectivity index (χ4n) is 3.59. The van der Waals surface area contributed by atoms with E-state index in [2.05, 4.69) is 6.92 Å². The third kappa shape index (κ3) is 13.9. The molecule has 0 N–H and O–H groups in total. The Bertz CT molecular complexity index is 593. The van der Waals surface area contributed by atoms with Gasteiger partial charge < -0.3 is 0 Å². The Morgan fingerprint density at radius 2 is 1.00 bits per heavy atom. The molecule has 0 aliphatic carbocycles. The van der Waals surface area contributed by atoms with Crippen LogP contribution in [0.5, 0.6) is 0 Å². The predicted octanol–water partition coefficient (Wildman–Crippen LogP) is 7.96. The maximum Gasteiger partial charge on any atom is 0.296 e. The van der Waals surface area contributed by atoms with Gasteiger partial charge in [-0.2, -0.15) is 8.42 Å². The molecule has 0 fully saturated rings. The molecule has 1 aromatic carbocycles. The molecule has 0 heterocycles. The van der Waals surface area contributed by atoms with Gasteiger partial charge in [-0.15, -0.1) is 0 Å². The van der Waals surface area contributed by atoms with Crippen molar-refractivity contribution in [3.05, 3.63) is 29.8 Å². The molecule has 168 valence electrons. The summed E-state index contributed by atoms with van der Waals surface area (Å²) in [6, 6.07) is 6.81. The molecular weight excluding hydrogens is 380 g/mol. The van der Waals surface area contributed by atoms with Crippen molar-refractivity contribution in [3.8, 4) is 0 Å². The van der Waals surface area contributed by atoms with Crippen LogP contribution in [0.3, 0.4) is 0 Å². The summed E-state index contributed by atoms with van der Waals surface area (Å²) >= 11 is 0. The second-order valence-corrected chi connectivity index (χ2v) is 10.0. The fourth-order valence-corrected chi connectivity index (χ4v) is 4.53. The summed E-state index contributed by atoms with van der Waals surface area (Å²) in [5.41, 5.74) is 1.04. The van der Waals surface area contributed by atoms with Crippen LogP contribution in [0.1, 0.15) is 115 Å². The number of aryl methyl sites for hydroxylation is 1. The van der Waals surface area contributed by atoms with Crippen molar-refractivity contribution in [2.45, 2.75) is 121 Å². The lowest BCUT2D eigenvalue weighted by molar-refractivity contribution is 0.306. The average molecular weight is 425 g/mol. The molecular formula is C25H44O3S. The summed E-state index contributed by atoms with van der Waals surface area (Å²) < 4.78 is 29.3. The molecule has 0 aliphatic rings. The molecule has 3 nitrogen and oxygen atoms in total. The minimum Gasteiger partial charge on any atom is -0.266 e. The molecule has 0 amide bonds. The topological polar surface area (TPSA) is 43.4 Å². The van der Waals surface area contributed by atoms with E-state index < -0.39 is 10.1 Å². The molecule has 4 heteroatoms. The predicted molar refractivity (Wildman–Crippen MR) is 124 cm³/mol. The van der Waals surface area contributed by atoms with E-state index in [4.69, 9.17) is 4.18 Å². The van der Waals surface area contributed by atoms with Crippen molar-refractivity contribution in [1.82, 2.24) is 0 Å². The van der Waals surface area contributed by atoms with Gasteiger partial charge in [-0.25, -0.2) is 0 Å². The van der Waals surface area contributed by atoms with Crippen molar-refractivity contribution in [3.63, 3.8) is 0 Å². The zero-order valence-corrected chi connectivity index (χ0v) is 19.8. The van der Waals surface area contributed by atoms with Crippen molar-refractivity contribution in [1.29, 1.82) is 0 Å². The summed E-state index contributed by atoms with van der Waals surface area (Å²) in [4.78, 5) is 0.250. The van der Waals surface area contributed by atoms with Crippen LogP contribution in [0.2, 0.25) is 0 Å². The molecule has 0 aromatic heterocycles.